The average Bonchev–Trinajstić information content (AvgIpc) is 2.67. The zero-order valence-electron chi connectivity index (χ0n) is 17.8. The van der Waals surface area contributed by atoms with Crippen molar-refractivity contribution in [3.63, 3.8) is 0 Å². The van der Waals surface area contributed by atoms with Gasteiger partial charge in [-0.2, -0.15) is 9.78 Å². The van der Waals surface area contributed by atoms with E-state index in [9.17, 15) is 14.9 Å². The van der Waals surface area contributed by atoms with Crippen LogP contribution < -0.4 is 16.0 Å². The highest BCUT2D eigenvalue weighted by Crippen LogP contribution is 2.33. The molecule has 8 nitrogen and oxygen atoms in total. The Hall–Kier alpha value is -3.94. The number of nitrogens with two attached hydrogens (primary N) is 1. The molecule has 0 radical (unpaired) electrons. The largest absolute Gasteiger partial charge is 0.450 e. The first-order chi connectivity index (χ1) is 14.5. The van der Waals surface area contributed by atoms with Crippen LogP contribution >= 0.6 is 0 Å². The molecule has 2 N–H and O–H groups in total. The summed E-state index contributed by atoms with van der Waals surface area (Å²) < 4.78 is 6.77. The predicted octanol–water partition coefficient (Wildman–Crippen LogP) is 4.62. The van der Waals surface area contributed by atoms with E-state index in [-0.39, 0.29) is 28.2 Å². The van der Waals surface area contributed by atoms with Gasteiger partial charge in [-0.25, -0.2) is 0 Å². The molecule has 0 aliphatic carbocycles. The van der Waals surface area contributed by atoms with Crippen molar-refractivity contribution in [2.45, 2.75) is 33.1 Å². The number of anilines is 1. The van der Waals surface area contributed by atoms with Crippen LogP contribution in [0.3, 0.4) is 0 Å². The van der Waals surface area contributed by atoms with E-state index < -0.39 is 4.92 Å². The minimum absolute atomic E-state index is 0.00563. The first-order valence-electron chi connectivity index (χ1n) is 9.65. The third-order valence-corrected chi connectivity index (χ3v) is 4.63. The van der Waals surface area contributed by atoms with Crippen LogP contribution in [0.1, 0.15) is 37.5 Å². The van der Waals surface area contributed by atoms with E-state index in [0.717, 1.165) is 15.8 Å². The van der Waals surface area contributed by atoms with Gasteiger partial charge in [0.05, 0.1) is 11.1 Å². The van der Waals surface area contributed by atoms with Crippen molar-refractivity contribution >= 4 is 17.7 Å². The van der Waals surface area contributed by atoms with Gasteiger partial charge in [-0.15, -0.1) is 0 Å². The molecule has 0 saturated carbocycles. The summed E-state index contributed by atoms with van der Waals surface area (Å²) in [5.74, 6) is 0.781. The average molecular weight is 420 g/mol. The molecule has 31 heavy (non-hydrogen) atoms. The maximum Gasteiger partial charge on any atom is 0.312 e. The quantitative estimate of drug-likeness (QED) is 0.368. The van der Waals surface area contributed by atoms with Crippen molar-refractivity contribution < 1.29 is 9.66 Å². The number of nitrogens with zero attached hydrogens (tertiary/aromatic N) is 3. The molecule has 0 aliphatic rings. The SMILES string of the molecule is Cc1cc(N)n(/N=C\c2ccc(Oc3ccc(C(C)(C)C)cc3)c([N+](=O)[O-])c2)c(=O)c1. The number of nitrogen functional groups attached to an aromatic ring is 1. The molecule has 0 saturated heterocycles. The monoisotopic (exact) mass is 420 g/mol. The van der Waals surface area contributed by atoms with Crippen molar-refractivity contribution in [2.75, 3.05) is 5.73 Å². The topological polar surface area (TPSA) is 113 Å². The second kappa shape index (κ2) is 8.43. The number of hydrogen-bond donors (Lipinski definition) is 1. The smallest absolute Gasteiger partial charge is 0.312 e. The van der Waals surface area contributed by atoms with Crippen LogP contribution in [0.5, 0.6) is 11.5 Å². The molecule has 0 spiro atoms. The van der Waals surface area contributed by atoms with Crippen molar-refractivity contribution in [1.82, 2.24) is 4.68 Å². The van der Waals surface area contributed by atoms with Crippen molar-refractivity contribution in [3.8, 4) is 11.5 Å². The van der Waals surface area contributed by atoms with Crippen LogP contribution in [-0.2, 0) is 5.41 Å². The van der Waals surface area contributed by atoms with E-state index in [1.807, 2.05) is 12.1 Å². The summed E-state index contributed by atoms with van der Waals surface area (Å²) in [5.41, 5.74) is 7.51. The number of nitro groups is 1. The molecule has 160 valence electrons. The molecule has 8 heteroatoms. The van der Waals surface area contributed by atoms with Crippen molar-refractivity contribution in [2.24, 2.45) is 5.10 Å². The second-order valence-electron chi connectivity index (χ2n) is 8.21. The third-order valence-electron chi connectivity index (χ3n) is 4.63. The normalized spacial score (nSPS) is 11.6. The number of hydrogen-bond acceptors (Lipinski definition) is 6. The van der Waals surface area contributed by atoms with Gasteiger partial charge >= 0.3 is 5.69 Å². The van der Waals surface area contributed by atoms with Gasteiger partial charge in [0.15, 0.2) is 0 Å². The highest BCUT2D eigenvalue weighted by Gasteiger charge is 2.18. The molecule has 0 aliphatic heterocycles. The fourth-order valence-electron chi connectivity index (χ4n) is 2.96. The van der Waals surface area contributed by atoms with Gasteiger partial charge in [0.1, 0.15) is 11.6 Å². The van der Waals surface area contributed by atoms with E-state index in [1.54, 1.807) is 31.2 Å². The molecule has 1 heterocycles. The van der Waals surface area contributed by atoms with E-state index in [2.05, 4.69) is 25.9 Å². The summed E-state index contributed by atoms with van der Waals surface area (Å²) >= 11 is 0. The maximum absolute atomic E-state index is 12.0. The number of pyridine rings is 1. The molecule has 0 bridgehead atoms. The molecule has 0 amide bonds. The van der Waals surface area contributed by atoms with Gasteiger partial charge in [-0.3, -0.25) is 14.9 Å². The molecule has 1 aromatic heterocycles. The Morgan fingerprint density at radius 1 is 1.10 bits per heavy atom. The number of ether oxygens (including phenoxy) is 1. The van der Waals surface area contributed by atoms with Crippen molar-refractivity contribution in [1.29, 1.82) is 0 Å². The van der Waals surface area contributed by atoms with Gasteiger partial charge in [0.2, 0.25) is 5.75 Å². The van der Waals surface area contributed by atoms with Crippen LogP contribution in [0.4, 0.5) is 11.5 Å². The fraction of sp³-hybridized carbons (Fsp3) is 0.217. The summed E-state index contributed by atoms with van der Waals surface area (Å²) in [6.45, 7) is 8.06. The Kier molecular flexibility index (Phi) is 5.92. The zero-order valence-corrected chi connectivity index (χ0v) is 17.8. The summed E-state index contributed by atoms with van der Waals surface area (Å²) in [4.78, 5) is 23.1. The van der Waals surface area contributed by atoms with Gasteiger partial charge in [-0.05, 0) is 53.8 Å². The minimum atomic E-state index is -0.525. The van der Waals surface area contributed by atoms with Gasteiger partial charge in [-0.1, -0.05) is 32.9 Å². The molecule has 0 atom stereocenters. The lowest BCUT2D eigenvalue weighted by Gasteiger charge is -2.19. The van der Waals surface area contributed by atoms with Crippen LogP contribution in [0.25, 0.3) is 0 Å². The molecule has 3 rings (SSSR count). The Bertz CT molecular complexity index is 1210. The van der Waals surface area contributed by atoms with Crippen molar-refractivity contribution in [3.05, 3.63) is 91.8 Å². The van der Waals surface area contributed by atoms with Crippen LogP contribution in [0.2, 0.25) is 0 Å². The molecular weight excluding hydrogens is 396 g/mol. The fourth-order valence-corrected chi connectivity index (χ4v) is 2.96. The lowest BCUT2D eigenvalue weighted by molar-refractivity contribution is -0.385. The maximum atomic E-state index is 12.0. The predicted molar refractivity (Wildman–Crippen MR) is 121 cm³/mol. The first kappa shape index (κ1) is 21.8. The summed E-state index contributed by atoms with van der Waals surface area (Å²) in [6.07, 6.45) is 1.34. The highest BCUT2D eigenvalue weighted by molar-refractivity contribution is 5.81. The van der Waals surface area contributed by atoms with Gasteiger partial charge < -0.3 is 10.5 Å². The Morgan fingerprint density at radius 3 is 2.35 bits per heavy atom. The third kappa shape index (κ3) is 5.16. The molecular formula is C23H24N4O4. The van der Waals surface area contributed by atoms with Crippen LogP contribution in [-0.4, -0.2) is 15.8 Å². The summed E-state index contributed by atoms with van der Waals surface area (Å²) in [7, 11) is 0. The lowest BCUT2D eigenvalue weighted by atomic mass is 9.87. The Balaban J connectivity index is 1.88. The van der Waals surface area contributed by atoms with E-state index in [1.165, 1.54) is 24.4 Å². The second-order valence-corrected chi connectivity index (χ2v) is 8.21. The number of aryl methyl sites for hydroxylation is 1. The van der Waals surface area contributed by atoms with E-state index in [4.69, 9.17) is 10.5 Å². The standard InChI is InChI=1S/C23H24N4O4/c1-15-11-21(24)26(22(28)12-15)25-14-16-5-10-20(19(13-16)27(29)30)31-18-8-6-17(7-9-18)23(2,3)4/h5-14H,24H2,1-4H3/b25-14-. The minimum Gasteiger partial charge on any atom is -0.450 e. The van der Waals surface area contributed by atoms with Gasteiger partial charge in [0, 0.05) is 17.7 Å². The number of benzene rings is 2. The van der Waals surface area contributed by atoms with E-state index >= 15 is 0 Å². The highest BCUT2D eigenvalue weighted by atomic mass is 16.6. The van der Waals surface area contributed by atoms with E-state index in [0.29, 0.717) is 11.3 Å². The first-order valence-corrected chi connectivity index (χ1v) is 9.65. The molecule has 3 aromatic rings. The van der Waals surface area contributed by atoms with Gasteiger partial charge in [0.25, 0.3) is 5.56 Å². The lowest BCUT2D eigenvalue weighted by Crippen LogP contribution is -2.19. The number of nitro benzene ring substituents is 1. The summed E-state index contributed by atoms with van der Waals surface area (Å²) in [6, 6.07) is 14.9. The number of aromatic nitrogens is 1. The molecule has 0 unspecified atom stereocenters. The molecule has 0 fully saturated rings. The van der Waals surface area contributed by atoms with Crippen LogP contribution in [0, 0.1) is 17.0 Å². The Morgan fingerprint density at radius 2 is 1.77 bits per heavy atom. The Labute approximate surface area is 179 Å². The molecule has 2 aromatic carbocycles. The summed E-state index contributed by atoms with van der Waals surface area (Å²) in [5, 5.41) is 15.6. The van der Waals surface area contributed by atoms with Crippen LogP contribution in [0.15, 0.2) is 64.5 Å². The number of rotatable bonds is 5. The zero-order chi connectivity index (χ0) is 22.8.